The average molecular weight is 431 g/mol. The fraction of sp³-hybridized carbons (Fsp3) is 0.435. The predicted molar refractivity (Wildman–Crippen MR) is 117 cm³/mol. The molecule has 2 aromatic rings. The second-order valence-electron chi connectivity index (χ2n) is 7.80. The highest BCUT2D eigenvalue weighted by molar-refractivity contribution is 7.91. The Balaban J connectivity index is 1.72. The lowest BCUT2D eigenvalue weighted by Gasteiger charge is -2.35. The standard InChI is InChI=1S/C23H30N2O4S/c1-4-30(27,28)22-12-8-7-11-21(22)23(26)24-13-19-9-5-6-10-20(19)16-25-14-17(2)29-18(3)15-25/h5-12,17-18H,4,13-16H2,1-3H3,(H,24,26)/t17-,18-/m1/s1. The molecular formula is C23H30N2O4S. The third-order valence-electron chi connectivity index (χ3n) is 5.29. The molecular weight excluding hydrogens is 400 g/mol. The molecule has 30 heavy (non-hydrogen) atoms. The minimum Gasteiger partial charge on any atom is -0.373 e. The predicted octanol–water partition coefficient (Wildman–Crippen LogP) is 3.02. The van der Waals surface area contributed by atoms with Gasteiger partial charge >= 0.3 is 0 Å². The molecule has 162 valence electrons. The third-order valence-corrected chi connectivity index (χ3v) is 7.08. The largest absolute Gasteiger partial charge is 0.373 e. The van der Waals surface area contributed by atoms with E-state index in [0.29, 0.717) is 6.54 Å². The van der Waals surface area contributed by atoms with Gasteiger partial charge in [0.2, 0.25) is 0 Å². The molecule has 7 heteroatoms. The lowest BCUT2D eigenvalue weighted by molar-refractivity contribution is -0.0705. The lowest BCUT2D eigenvalue weighted by Crippen LogP contribution is -2.45. The number of rotatable bonds is 7. The number of sulfone groups is 1. The maximum Gasteiger partial charge on any atom is 0.252 e. The van der Waals surface area contributed by atoms with Gasteiger partial charge in [-0.1, -0.05) is 43.3 Å². The Bertz CT molecular complexity index is 980. The summed E-state index contributed by atoms with van der Waals surface area (Å²) in [5.41, 5.74) is 2.36. The Morgan fingerprint density at radius 1 is 1.03 bits per heavy atom. The van der Waals surface area contributed by atoms with E-state index < -0.39 is 9.84 Å². The summed E-state index contributed by atoms with van der Waals surface area (Å²) in [6, 6.07) is 14.4. The summed E-state index contributed by atoms with van der Waals surface area (Å²) in [5.74, 6) is -0.428. The molecule has 1 amide bonds. The van der Waals surface area contributed by atoms with Gasteiger partial charge in [0, 0.05) is 26.2 Å². The van der Waals surface area contributed by atoms with E-state index in [2.05, 4.69) is 30.1 Å². The highest BCUT2D eigenvalue weighted by Gasteiger charge is 2.23. The molecule has 0 aliphatic carbocycles. The zero-order valence-corrected chi connectivity index (χ0v) is 18.6. The third kappa shape index (κ3) is 5.47. The number of nitrogens with zero attached hydrogens (tertiary/aromatic N) is 1. The zero-order chi connectivity index (χ0) is 21.7. The highest BCUT2D eigenvalue weighted by Crippen LogP contribution is 2.19. The molecule has 6 nitrogen and oxygen atoms in total. The van der Waals surface area contributed by atoms with Crippen molar-refractivity contribution < 1.29 is 17.9 Å². The molecule has 1 saturated heterocycles. The van der Waals surface area contributed by atoms with Crippen LogP contribution in [0, 0.1) is 0 Å². The molecule has 0 radical (unpaired) electrons. The monoisotopic (exact) mass is 430 g/mol. The van der Waals surface area contributed by atoms with E-state index in [1.54, 1.807) is 25.1 Å². The Kier molecular flexibility index (Phi) is 7.28. The van der Waals surface area contributed by atoms with Crippen molar-refractivity contribution in [3.05, 3.63) is 65.2 Å². The van der Waals surface area contributed by atoms with Gasteiger partial charge in [-0.05, 0) is 37.1 Å². The zero-order valence-electron chi connectivity index (χ0n) is 17.8. The molecule has 0 aromatic heterocycles. The summed E-state index contributed by atoms with van der Waals surface area (Å²) in [7, 11) is -3.47. The Morgan fingerprint density at radius 2 is 1.63 bits per heavy atom. The molecule has 0 saturated carbocycles. The summed E-state index contributed by atoms with van der Waals surface area (Å²) in [6.07, 6.45) is 0.385. The molecule has 0 spiro atoms. The summed E-state index contributed by atoms with van der Waals surface area (Å²) in [5, 5.41) is 2.90. The molecule has 2 aromatic carbocycles. The van der Waals surface area contributed by atoms with E-state index in [-0.39, 0.29) is 34.3 Å². The maximum atomic E-state index is 12.8. The van der Waals surface area contributed by atoms with Crippen LogP contribution in [0.1, 0.15) is 42.3 Å². The second kappa shape index (κ2) is 9.73. The van der Waals surface area contributed by atoms with Gasteiger partial charge in [-0.25, -0.2) is 8.42 Å². The van der Waals surface area contributed by atoms with Crippen molar-refractivity contribution in [2.45, 2.75) is 51.0 Å². The molecule has 1 heterocycles. The molecule has 0 unspecified atom stereocenters. The van der Waals surface area contributed by atoms with Crippen LogP contribution in [0.5, 0.6) is 0 Å². The lowest BCUT2D eigenvalue weighted by atomic mass is 10.1. The maximum absolute atomic E-state index is 12.8. The van der Waals surface area contributed by atoms with E-state index in [4.69, 9.17) is 4.74 Å². The van der Waals surface area contributed by atoms with Crippen molar-refractivity contribution in [3.63, 3.8) is 0 Å². The van der Waals surface area contributed by atoms with Crippen LogP contribution in [0.3, 0.4) is 0 Å². The molecule has 1 aliphatic heterocycles. The van der Waals surface area contributed by atoms with Gasteiger partial charge in [0.25, 0.3) is 5.91 Å². The molecule has 2 atom stereocenters. The van der Waals surface area contributed by atoms with Gasteiger partial charge in [0.05, 0.1) is 28.4 Å². The topological polar surface area (TPSA) is 75.7 Å². The first-order chi connectivity index (χ1) is 14.3. The van der Waals surface area contributed by atoms with Crippen LogP contribution in [-0.2, 0) is 27.7 Å². The summed E-state index contributed by atoms with van der Waals surface area (Å²) >= 11 is 0. The van der Waals surface area contributed by atoms with E-state index in [1.807, 2.05) is 18.2 Å². The summed E-state index contributed by atoms with van der Waals surface area (Å²) in [4.78, 5) is 15.2. The fourth-order valence-electron chi connectivity index (χ4n) is 3.89. The first-order valence-corrected chi connectivity index (χ1v) is 12.0. The van der Waals surface area contributed by atoms with Crippen molar-refractivity contribution in [3.8, 4) is 0 Å². The van der Waals surface area contributed by atoms with E-state index in [0.717, 1.165) is 30.8 Å². The van der Waals surface area contributed by atoms with Gasteiger partial charge in [0.15, 0.2) is 9.84 Å². The number of nitrogens with one attached hydrogen (secondary N) is 1. The van der Waals surface area contributed by atoms with Crippen molar-refractivity contribution >= 4 is 15.7 Å². The fourth-order valence-corrected chi connectivity index (χ4v) is 4.98. The first-order valence-electron chi connectivity index (χ1n) is 10.3. The minimum absolute atomic E-state index is 0.0451. The number of morpholine rings is 1. The van der Waals surface area contributed by atoms with Crippen molar-refractivity contribution in [2.24, 2.45) is 0 Å². The van der Waals surface area contributed by atoms with Gasteiger partial charge < -0.3 is 10.1 Å². The Hall–Kier alpha value is -2.22. The highest BCUT2D eigenvalue weighted by atomic mass is 32.2. The van der Waals surface area contributed by atoms with Gasteiger partial charge in [-0.3, -0.25) is 9.69 Å². The molecule has 3 rings (SSSR count). The first kappa shape index (κ1) is 22.5. The van der Waals surface area contributed by atoms with E-state index in [1.165, 1.54) is 6.07 Å². The van der Waals surface area contributed by atoms with Crippen LogP contribution in [0.4, 0.5) is 0 Å². The van der Waals surface area contributed by atoms with E-state index >= 15 is 0 Å². The van der Waals surface area contributed by atoms with Gasteiger partial charge in [-0.15, -0.1) is 0 Å². The number of ether oxygens (including phenoxy) is 1. The summed E-state index contributed by atoms with van der Waals surface area (Å²) in [6.45, 7) is 8.59. The van der Waals surface area contributed by atoms with Gasteiger partial charge in [-0.2, -0.15) is 0 Å². The minimum atomic E-state index is -3.47. The smallest absolute Gasteiger partial charge is 0.252 e. The number of carbonyl (C=O) groups excluding carboxylic acids is 1. The van der Waals surface area contributed by atoms with Gasteiger partial charge in [0.1, 0.15) is 0 Å². The normalized spacial score (nSPS) is 20.1. The van der Waals surface area contributed by atoms with Crippen LogP contribution in [0.25, 0.3) is 0 Å². The van der Waals surface area contributed by atoms with Crippen LogP contribution < -0.4 is 5.32 Å². The summed E-state index contributed by atoms with van der Waals surface area (Å²) < 4.78 is 30.5. The number of hydrogen-bond donors (Lipinski definition) is 1. The Morgan fingerprint density at radius 3 is 2.30 bits per heavy atom. The average Bonchev–Trinajstić information content (AvgIpc) is 2.72. The SMILES string of the molecule is CCS(=O)(=O)c1ccccc1C(=O)NCc1ccccc1CN1C[C@@H](C)O[C@H](C)C1. The van der Waals surface area contributed by atoms with Crippen LogP contribution in [0.15, 0.2) is 53.4 Å². The van der Waals surface area contributed by atoms with Crippen molar-refractivity contribution in [1.82, 2.24) is 10.2 Å². The van der Waals surface area contributed by atoms with Crippen LogP contribution in [-0.4, -0.2) is 50.3 Å². The van der Waals surface area contributed by atoms with Crippen molar-refractivity contribution in [1.29, 1.82) is 0 Å². The number of amides is 1. The van der Waals surface area contributed by atoms with Crippen LogP contribution >= 0.6 is 0 Å². The second-order valence-corrected chi connectivity index (χ2v) is 10.0. The molecule has 1 aliphatic rings. The van der Waals surface area contributed by atoms with Crippen molar-refractivity contribution in [2.75, 3.05) is 18.8 Å². The molecule has 1 N–H and O–H groups in total. The van der Waals surface area contributed by atoms with E-state index in [9.17, 15) is 13.2 Å². The number of hydrogen-bond acceptors (Lipinski definition) is 5. The number of carbonyl (C=O) groups is 1. The quantitative estimate of drug-likeness (QED) is 0.731. The molecule has 0 bridgehead atoms. The molecule has 1 fully saturated rings. The van der Waals surface area contributed by atoms with Crippen LogP contribution in [0.2, 0.25) is 0 Å². The number of benzene rings is 2. The Labute approximate surface area is 179 Å².